The highest BCUT2D eigenvalue weighted by Crippen LogP contribution is 2.26. The van der Waals surface area contributed by atoms with Gasteiger partial charge in [0.15, 0.2) is 0 Å². The van der Waals surface area contributed by atoms with E-state index in [-0.39, 0.29) is 16.8 Å². The van der Waals surface area contributed by atoms with Gasteiger partial charge in [-0.05, 0) is 20.3 Å². The Bertz CT molecular complexity index is 430. The van der Waals surface area contributed by atoms with E-state index >= 15 is 0 Å². The lowest BCUT2D eigenvalue weighted by Gasteiger charge is -2.25. The third-order valence-electron chi connectivity index (χ3n) is 3.00. The van der Waals surface area contributed by atoms with Crippen LogP contribution in [0, 0.1) is 6.92 Å². The van der Waals surface area contributed by atoms with Gasteiger partial charge in [-0.3, -0.25) is 4.79 Å². The molecular weight excluding hydrogens is 194 g/mol. The Morgan fingerprint density at radius 1 is 1.60 bits per heavy atom. The first-order valence-corrected chi connectivity index (χ1v) is 5.03. The number of aromatic hydroxyl groups is 1. The van der Waals surface area contributed by atoms with Crippen LogP contribution in [0.25, 0.3) is 0 Å². The minimum Gasteiger partial charge on any atom is -0.507 e. The molecule has 1 aliphatic rings. The molecule has 1 unspecified atom stereocenters. The van der Waals surface area contributed by atoms with Crippen molar-refractivity contribution in [2.75, 3.05) is 13.2 Å². The highest BCUT2D eigenvalue weighted by Gasteiger charge is 2.32. The van der Waals surface area contributed by atoms with Gasteiger partial charge in [0.05, 0.1) is 12.1 Å². The number of aromatic nitrogens is 1. The lowest BCUT2D eigenvalue weighted by atomic mass is 10.0. The first-order chi connectivity index (χ1) is 7.03. The lowest BCUT2D eigenvalue weighted by Crippen LogP contribution is -2.38. The maximum atomic E-state index is 11.7. The molecule has 15 heavy (non-hydrogen) atoms. The fourth-order valence-electron chi connectivity index (χ4n) is 1.89. The van der Waals surface area contributed by atoms with E-state index in [1.165, 1.54) is 6.07 Å². The van der Waals surface area contributed by atoms with E-state index in [4.69, 9.17) is 4.74 Å². The first-order valence-electron chi connectivity index (χ1n) is 5.03. The third kappa shape index (κ3) is 1.65. The van der Waals surface area contributed by atoms with Crippen molar-refractivity contribution in [3.8, 4) is 5.75 Å². The van der Waals surface area contributed by atoms with Crippen LogP contribution in [0.2, 0.25) is 0 Å². The molecule has 1 aliphatic heterocycles. The second kappa shape index (κ2) is 3.38. The van der Waals surface area contributed by atoms with Crippen LogP contribution in [0.1, 0.15) is 18.9 Å². The summed E-state index contributed by atoms with van der Waals surface area (Å²) in [6.07, 6.45) is 2.53. The van der Waals surface area contributed by atoms with Gasteiger partial charge >= 0.3 is 0 Å². The zero-order chi connectivity index (χ0) is 11.1. The molecule has 1 atom stereocenters. The molecule has 1 N–H and O–H groups in total. The molecule has 1 aromatic heterocycles. The number of rotatable bonds is 1. The molecule has 2 heterocycles. The topological polar surface area (TPSA) is 51.5 Å². The van der Waals surface area contributed by atoms with Gasteiger partial charge in [0.1, 0.15) is 5.75 Å². The van der Waals surface area contributed by atoms with Crippen molar-refractivity contribution in [1.82, 2.24) is 4.57 Å². The van der Waals surface area contributed by atoms with Crippen molar-refractivity contribution in [1.29, 1.82) is 0 Å². The zero-order valence-corrected chi connectivity index (χ0v) is 8.99. The maximum Gasteiger partial charge on any atom is 0.254 e. The van der Waals surface area contributed by atoms with Gasteiger partial charge in [-0.1, -0.05) is 0 Å². The maximum absolute atomic E-state index is 11.7. The molecule has 0 aliphatic carbocycles. The zero-order valence-electron chi connectivity index (χ0n) is 8.99. The smallest absolute Gasteiger partial charge is 0.254 e. The summed E-state index contributed by atoms with van der Waals surface area (Å²) in [5.74, 6) is 0.0544. The Morgan fingerprint density at radius 3 is 2.93 bits per heavy atom. The van der Waals surface area contributed by atoms with E-state index in [1.807, 2.05) is 6.92 Å². The minimum absolute atomic E-state index is 0.0544. The van der Waals surface area contributed by atoms with Crippen LogP contribution in [0.3, 0.4) is 0 Å². The quantitative estimate of drug-likeness (QED) is 0.750. The Labute approximate surface area is 88.1 Å². The van der Waals surface area contributed by atoms with Gasteiger partial charge in [-0.2, -0.15) is 0 Å². The second-order valence-corrected chi connectivity index (χ2v) is 4.35. The molecule has 2 rings (SSSR count). The molecular formula is C11H15NO3. The summed E-state index contributed by atoms with van der Waals surface area (Å²) in [5, 5.41) is 9.41. The Kier molecular flexibility index (Phi) is 2.31. The number of aryl methyl sites for hydroxylation is 1. The molecule has 4 heteroatoms. The van der Waals surface area contributed by atoms with Gasteiger partial charge in [0.25, 0.3) is 5.56 Å². The molecule has 1 aromatic rings. The largest absolute Gasteiger partial charge is 0.507 e. The van der Waals surface area contributed by atoms with Crippen LogP contribution in [-0.2, 0) is 10.3 Å². The molecule has 1 fully saturated rings. The molecule has 0 amide bonds. The average molecular weight is 209 g/mol. The Hall–Kier alpha value is -1.29. The highest BCUT2D eigenvalue weighted by atomic mass is 16.5. The van der Waals surface area contributed by atoms with Crippen LogP contribution < -0.4 is 5.56 Å². The molecule has 0 spiro atoms. The number of hydrogen-bond donors (Lipinski definition) is 1. The predicted octanol–water partition coefficient (Wildman–Crippen LogP) is 0.998. The molecule has 82 valence electrons. The van der Waals surface area contributed by atoms with Crippen LogP contribution in [0.5, 0.6) is 5.75 Å². The van der Waals surface area contributed by atoms with Crippen molar-refractivity contribution in [2.45, 2.75) is 25.8 Å². The van der Waals surface area contributed by atoms with E-state index in [2.05, 4.69) is 0 Å². The monoisotopic (exact) mass is 209 g/mol. The average Bonchev–Trinajstić information content (AvgIpc) is 2.60. The summed E-state index contributed by atoms with van der Waals surface area (Å²) in [7, 11) is 0. The molecule has 0 aromatic carbocycles. The highest BCUT2D eigenvalue weighted by molar-refractivity contribution is 5.28. The fourth-order valence-corrected chi connectivity index (χ4v) is 1.89. The van der Waals surface area contributed by atoms with E-state index in [9.17, 15) is 9.90 Å². The summed E-state index contributed by atoms with van der Waals surface area (Å²) in [6, 6.07) is 1.26. The SMILES string of the molecule is Cc1cn(C2(C)CCOC2)c(=O)cc1O. The first kappa shape index (κ1) is 10.2. The summed E-state index contributed by atoms with van der Waals surface area (Å²) in [4.78, 5) is 11.7. The predicted molar refractivity (Wildman–Crippen MR) is 56.2 cm³/mol. The fraction of sp³-hybridized carbons (Fsp3) is 0.545. The normalized spacial score (nSPS) is 25.7. The standard InChI is InChI=1S/C11H15NO3/c1-8-6-12(10(14)5-9(8)13)11(2)3-4-15-7-11/h5-6,13H,3-4,7H2,1-2H3. The van der Waals surface area contributed by atoms with Crippen LogP contribution in [0.15, 0.2) is 17.1 Å². The van der Waals surface area contributed by atoms with Crippen molar-refractivity contribution in [2.24, 2.45) is 0 Å². The second-order valence-electron chi connectivity index (χ2n) is 4.35. The molecule has 4 nitrogen and oxygen atoms in total. The lowest BCUT2D eigenvalue weighted by molar-refractivity contribution is 0.160. The third-order valence-corrected chi connectivity index (χ3v) is 3.00. The van der Waals surface area contributed by atoms with E-state index in [0.29, 0.717) is 18.8 Å². The molecule has 1 saturated heterocycles. The van der Waals surface area contributed by atoms with Crippen molar-refractivity contribution in [3.63, 3.8) is 0 Å². The summed E-state index contributed by atoms with van der Waals surface area (Å²) < 4.78 is 6.98. The number of ether oxygens (including phenoxy) is 1. The number of pyridine rings is 1. The van der Waals surface area contributed by atoms with Gasteiger partial charge < -0.3 is 14.4 Å². The van der Waals surface area contributed by atoms with Crippen LogP contribution in [-0.4, -0.2) is 22.9 Å². The Balaban J connectivity index is 2.53. The van der Waals surface area contributed by atoms with Gasteiger partial charge in [-0.25, -0.2) is 0 Å². The number of hydrogen-bond acceptors (Lipinski definition) is 3. The van der Waals surface area contributed by atoms with Crippen molar-refractivity contribution < 1.29 is 9.84 Å². The summed E-state index contributed by atoms with van der Waals surface area (Å²) >= 11 is 0. The van der Waals surface area contributed by atoms with Gasteiger partial charge in [-0.15, -0.1) is 0 Å². The molecule has 0 bridgehead atoms. The van der Waals surface area contributed by atoms with Gasteiger partial charge in [0, 0.05) is 24.4 Å². The van der Waals surface area contributed by atoms with Crippen LogP contribution in [0.4, 0.5) is 0 Å². The van der Waals surface area contributed by atoms with Crippen molar-refractivity contribution in [3.05, 3.63) is 28.2 Å². The van der Waals surface area contributed by atoms with E-state index in [0.717, 1.165) is 6.42 Å². The van der Waals surface area contributed by atoms with E-state index in [1.54, 1.807) is 17.7 Å². The summed E-state index contributed by atoms with van der Waals surface area (Å²) in [6.45, 7) is 5.02. The van der Waals surface area contributed by atoms with Crippen LogP contribution >= 0.6 is 0 Å². The van der Waals surface area contributed by atoms with Crippen molar-refractivity contribution >= 4 is 0 Å². The number of nitrogens with zero attached hydrogens (tertiary/aromatic N) is 1. The van der Waals surface area contributed by atoms with Gasteiger partial charge in [0.2, 0.25) is 0 Å². The summed E-state index contributed by atoms with van der Waals surface area (Å²) in [5.41, 5.74) is 0.268. The minimum atomic E-state index is -0.268. The molecule has 0 radical (unpaired) electrons. The molecule has 0 saturated carbocycles. The Morgan fingerprint density at radius 2 is 2.33 bits per heavy atom. The van der Waals surface area contributed by atoms with E-state index < -0.39 is 0 Å².